The molecule has 0 aromatic heterocycles. The first-order chi connectivity index (χ1) is 12.0. The second-order valence-electron chi connectivity index (χ2n) is 4.88. The first kappa shape index (κ1) is 17.9. The van der Waals surface area contributed by atoms with Gasteiger partial charge in [-0.05, 0) is 12.1 Å². The number of hydrogen-bond donors (Lipinski definition) is 2. The van der Waals surface area contributed by atoms with Crippen LogP contribution in [0.4, 0.5) is 9.18 Å². The van der Waals surface area contributed by atoms with Crippen molar-refractivity contribution in [2.45, 2.75) is 6.10 Å². The van der Waals surface area contributed by atoms with Crippen LogP contribution in [0.3, 0.4) is 0 Å². The molecular formula is C17H15FN2O5. The lowest BCUT2D eigenvalue weighted by atomic mass is 10.1. The van der Waals surface area contributed by atoms with Gasteiger partial charge in [0.25, 0.3) is 5.91 Å². The minimum atomic E-state index is -1.38. The first-order valence-corrected chi connectivity index (χ1v) is 7.19. The minimum Gasteiger partial charge on any atom is -0.482 e. The Balaban J connectivity index is 2.04. The van der Waals surface area contributed by atoms with Crippen LogP contribution in [-0.2, 0) is 14.3 Å². The third-order valence-electron chi connectivity index (χ3n) is 2.99. The van der Waals surface area contributed by atoms with Crippen LogP contribution in [0.1, 0.15) is 11.7 Å². The van der Waals surface area contributed by atoms with Crippen molar-refractivity contribution < 1.29 is 28.2 Å². The van der Waals surface area contributed by atoms with E-state index in [-0.39, 0.29) is 5.75 Å². The van der Waals surface area contributed by atoms with E-state index in [2.05, 4.69) is 0 Å². The van der Waals surface area contributed by atoms with E-state index in [1.807, 2.05) is 5.32 Å². The average Bonchev–Trinajstić information content (AvgIpc) is 2.58. The van der Waals surface area contributed by atoms with Gasteiger partial charge in [0.15, 0.2) is 6.61 Å². The fourth-order valence-electron chi connectivity index (χ4n) is 1.95. The summed E-state index contributed by atoms with van der Waals surface area (Å²) < 4.78 is 23.2. The maximum atomic E-state index is 13.1. The van der Waals surface area contributed by atoms with E-state index in [1.165, 1.54) is 18.2 Å². The van der Waals surface area contributed by atoms with Crippen molar-refractivity contribution in [2.75, 3.05) is 6.61 Å². The zero-order chi connectivity index (χ0) is 18.2. The van der Waals surface area contributed by atoms with E-state index in [0.717, 1.165) is 6.07 Å². The molecule has 1 atom stereocenters. The lowest BCUT2D eigenvalue weighted by molar-refractivity contribution is -0.158. The van der Waals surface area contributed by atoms with Gasteiger partial charge in [0.2, 0.25) is 6.10 Å². The predicted octanol–water partition coefficient (Wildman–Crippen LogP) is 1.68. The summed E-state index contributed by atoms with van der Waals surface area (Å²) in [6, 6.07) is 12.2. The van der Waals surface area contributed by atoms with Crippen LogP contribution >= 0.6 is 0 Å². The van der Waals surface area contributed by atoms with Gasteiger partial charge in [0.05, 0.1) is 0 Å². The molecule has 2 rings (SSSR count). The fraction of sp³-hybridized carbons (Fsp3) is 0.118. The summed E-state index contributed by atoms with van der Waals surface area (Å²) in [5.74, 6) is -2.15. The van der Waals surface area contributed by atoms with E-state index >= 15 is 0 Å². The minimum absolute atomic E-state index is 0.134. The van der Waals surface area contributed by atoms with Gasteiger partial charge in [0.1, 0.15) is 11.6 Å². The Bertz CT molecular complexity index is 767. The number of nitrogens with two attached hydrogens (primary N) is 1. The van der Waals surface area contributed by atoms with Crippen LogP contribution < -0.4 is 15.8 Å². The highest BCUT2D eigenvalue weighted by atomic mass is 19.1. The highest BCUT2D eigenvalue weighted by Gasteiger charge is 2.26. The summed E-state index contributed by atoms with van der Waals surface area (Å²) in [5, 5.41) is 1.86. The van der Waals surface area contributed by atoms with Gasteiger partial charge in [-0.2, -0.15) is 0 Å². The molecule has 130 valence electrons. The van der Waals surface area contributed by atoms with Crippen LogP contribution in [0.25, 0.3) is 0 Å². The first-order valence-electron chi connectivity index (χ1n) is 7.19. The predicted molar refractivity (Wildman–Crippen MR) is 84.9 cm³/mol. The SMILES string of the molecule is NC(=O)NC(=O)[C@H](OC(=O)COc1cccc(F)c1)c1ccccc1. The third kappa shape index (κ3) is 5.61. The van der Waals surface area contributed by atoms with Crippen molar-refractivity contribution in [3.05, 3.63) is 66.0 Å². The monoisotopic (exact) mass is 346 g/mol. The molecule has 0 bridgehead atoms. The molecule has 0 saturated carbocycles. The highest BCUT2D eigenvalue weighted by molar-refractivity contribution is 5.97. The number of esters is 1. The summed E-state index contributed by atoms with van der Waals surface area (Å²) in [6.07, 6.45) is -1.38. The van der Waals surface area contributed by atoms with Gasteiger partial charge in [-0.25, -0.2) is 14.0 Å². The number of carbonyl (C=O) groups is 3. The number of carbonyl (C=O) groups excluding carboxylic acids is 3. The normalized spacial score (nSPS) is 11.2. The van der Waals surface area contributed by atoms with Crippen LogP contribution in [0.15, 0.2) is 54.6 Å². The lowest BCUT2D eigenvalue weighted by Crippen LogP contribution is -2.40. The second-order valence-corrected chi connectivity index (χ2v) is 4.88. The quantitative estimate of drug-likeness (QED) is 0.774. The third-order valence-corrected chi connectivity index (χ3v) is 2.99. The Hall–Kier alpha value is -3.42. The maximum absolute atomic E-state index is 13.1. The van der Waals surface area contributed by atoms with Crippen LogP contribution in [0.5, 0.6) is 5.75 Å². The number of primary amides is 1. The van der Waals surface area contributed by atoms with Gasteiger partial charge in [-0.3, -0.25) is 10.1 Å². The molecule has 8 heteroatoms. The summed E-state index contributed by atoms with van der Waals surface area (Å²) in [6.45, 7) is -0.545. The maximum Gasteiger partial charge on any atom is 0.345 e. The molecule has 25 heavy (non-hydrogen) atoms. The van der Waals surface area contributed by atoms with Gasteiger partial charge in [-0.15, -0.1) is 0 Å². The topological polar surface area (TPSA) is 108 Å². The Morgan fingerprint density at radius 2 is 1.80 bits per heavy atom. The van der Waals surface area contributed by atoms with E-state index in [4.69, 9.17) is 15.2 Å². The van der Waals surface area contributed by atoms with Crippen molar-refractivity contribution in [3.63, 3.8) is 0 Å². The Kier molecular flexibility index (Phi) is 6.05. The number of nitrogens with one attached hydrogen (secondary N) is 1. The van der Waals surface area contributed by atoms with E-state index in [0.29, 0.717) is 5.56 Å². The van der Waals surface area contributed by atoms with Crippen molar-refractivity contribution in [1.82, 2.24) is 5.32 Å². The van der Waals surface area contributed by atoms with Crippen molar-refractivity contribution in [1.29, 1.82) is 0 Å². The molecule has 0 unspecified atom stereocenters. The van der Waals surface area contributed by atoms with Gasteiger partial charge in [0, 0.05) is 11.6 Å². The standard InChI is InChI=1S/C17H15FN2O5/c18-12-7-4-8-13(9-12)24-10-14(21)25-15(16(22)20-17(19)23)11-5-2-1-3-6-11/h1-9,15H,10H2,(H3,19,20,22,23)/t15-/m1/s1. The van der Waals surface area contributed by atoms with Crippen LogP contribution in [-0.4, -0.2) is 24.5 Å². The number of rotatable bonds is 6. The zero-order valence-electron chi connectivity index (χ0n) is 13.0. The molecule has 0 heterocycles. The summed E-state index contributed by atoms with van der Waals surface area (Å²) in [7, 11) is 0. The lowest BCUT2D eigenvalue weighted by Gasteiger charge is -2.17. The number of amides is 3. The Labute approximate surface area is 142 Å². The van der Waals surface area contributed by atoms with E-state index in [9.17, 15) is 18.8 Å². The summed E-state index contributed by atoms with van der Waals surface area (Å²) in [4.78, 5) is 34.8. The van der Waals surface area contributed by atoms with Crippen LogP contribution in [0, 0.1) is 5.82 Å². The largest absolute Gasteiger partial charge is 0.482 e. The molecule has 7 nitrogen and oxygen atoms in total. The van der Waals surface area contributed by atoms with E-state index in [1.54, 1.807) is 30.3 Å². The van der Waals surface area contributed by atoms with Crippen LogP contribution in [0.2, 0.25) is 0 Å². The molecule has 0 spiro atoms. The number of benzene rings is 2. The van der Waals surface area contributed by atoms with Gasteiger partial charge in [-0.1, -0.05) is 36.4 Å². The molecule has 0 aliphatic heterocycles. The molecular weight excluding hydrogens is 331 g/mol. The number of ether oxygens (including phenoxy) is 2. The number of imide groups is 1. The average molecular weight is 346 g/mol. The molecule has 3 amide bonds. The smallest absolute Gasteiger partial charge is 0.345 e. The highest BCUT2D eigenvalue weighted by Crippen LogP contribution is 2.18. The molecule has 0 aliphatic carbocycles. The fourth-order valence-corrected chi connectivity index (χ4v) is 1.95. The molecule has 0 aliphatic rings. The number of hydrogen-bond acceptors (Lipinski definition) is 5. The van der Waals surface area contributed by atoms with Crippen molar-refractivity contribution in [3.8, 4) is 5.75 Å². The Morgan fingerprint density at radius 3 is 2.44 bits per heavy atom. The Morgan fingerprint density at radius 1 is 1.08 bits per heavy atom. The molecule has 0 radical (unpaired) electrons. The molecule has 3 N–H and O–H groups in total. The molecule has 0 saturated heterocycles. The number of urea groups is 1. The molecule has 2 aromatic rings. The van der Waals surface area contributed by atoms with Crippen molar-refractivity contribution in [2.24, 2.45) is 5.73 Å². The van der Waals surface area contributed by atoms with E-state index < -0.39 is 36.4 Å². The molecule has 2 aromatic carbocycles. The number of halogens is 1. The van der Waals surface area contributed by atoms with Crippen molar-refractivity contribution >= 4 is 17.9 Å². The summed E-state index contributed by atoms with van der Waals surface area (Å²) in [5.41, 5.74) is 5.26. The zero-order valence-corrected chi connectivity index (χ0v) is 13.0. The molecule has 0 fully saturated rings. The van der Waals surface area contributed by atoms with Gasteiger partial charge < -0.3 is 15.2 Å². The van der Waals surface area contributed by atoms with Gasteiger partial charge >= 0.3 is 12.0 Å². The summed E-state index contributed by atoms with van der Waals surface area (Å²) >= 11 is 0. The second kappa shape index (κ2) is 8.44.